The quantitative estimate of drug-likeness (QED) is 0.618. The number of halogens is 2. The number of alkyl halides is 1. The summed E-state index contributed by atoms with van der Waals surface area (Å²) in [4.78, 5) is 0.475. The Bertz CT molecular complexity index is 442. The lowest BCUT2D eigenvalue weighted by atomic mass is 9.82. The first-order valence-corrected chi connectivity index (χ1v) is 7.51. The van der Waals surface area contributed by atoms with E-state index in [4.69, 9.17) is 4.74 Å². The lowest BCUT2D eigenvalue weighted by Gasteiger charge is -2.29. The number of hydrogen-bond donors (Lipinski definition) is 0. The van der Waals surface area contributed by atoms with Crippen LogP contribution in [0.5, 0.6) is 5.75 Å². The van der Waals surface area contributed by atoms with Crippen molar-refractivity contribution >= 4 is 31.9 Å². The van der Waals surface area contributed by atoms with E-state index < -0.39 is 0 Å². The van der Waals surface area contributed by atoms with Crippen LogP contribution in [0.3, 0.4) is 0 Å². The molecule has 0 spiro atoms. The predicted molar refractivity (Wildman–Crippen MR) is 72.7 cm³/mol. The monoisotopic (exact) mass is 344 g/mol. The van der Waals surface area contributed by atoms with Crippen molar-refractivity contribution in [1.82, 2.24) is 0 Å². The third kappa shape index (κ3) is 1.55. The van der Waals surface area contributed by atoms with Gasteiger partial charge in [0.2, 0.25) is 0 Å². The molecule has 1 heterocycles. The molecule has 0 saturated carbocycles. The summed E-state index contributed by atoms with van der Waals surface area (Å²) >= 11 is 7.51. The van der Waals surface area contributed by atoms with Gasteiger partial charge < -0.3 is 4.74 Å². The van der Waals surface area contributed by atoms with Gasteiger partial charge in [0.25, 0.3) is 0 Å². The molecule has 86 valence electrons. The Morgan fingerprint density at radius 3 is 2.94 bits per heavy atom. The second kappa shape index (κ2) is 4.02. The molecule has 3 heteroatoms. The van der Waals surface area contributed by atoms with Gasteiger partial charge in [0, 0.05) is 21.3 Å². The summed E-state index contributed by atoms with van der Waals surface area (Å²) in [6.45, 7) is 3.16. The van der Waals surface area contributed by atoms with Gasteiger partial charge in [0.15, 0.2) is 0 Å². The van der Waals surface area contributed by atoms with E-state index in [1.165, 1.54) is 39.8 Å². The van der Waals surface area contributed by atoms with E-state index >= 15 is 0 Å². The van der Waals surface area contributed by atoms with E-state index in [1.54, 1.807) is 0 Å². The van der Waals surface area contributed by atoms with Crippen molar-refractivity contribution in [2.75, 3.05) is 6.61 Å². The van der Waals surface area contributed by atoms with E-state index in [0.717, 1.165) is 13.0 Å². The maximum Gasteiger partial charge on any atom is 0.126 e. The number of fused-ring (bicyclic) bond motifs is 3. The van der Waals surface area contributed by atoms with Gasteiger partial charge in [-0.1, -0.05) is 38.8 Å². The smallest absolute Gasteiger partial charge is 0.126 e. The minimum atomic E-state index is 0.475. The molecular formula is C13H14Br2O. The van der Waals surface area contributed by atoms with Gasteiger partial charge in [0.1, 0.15) is 5.75 Å². The van der Waals surface area contributed by atoms with Gasteiger partial charge in [-0.05, 0) is 36.0 Å². The molecular weight excluding hydrogens is 332 g/mol. The molecule has 2 atom stereocenters. The van der Waals surface area contributed by atoms with Crippen LogP contribution in [-0.4, -0.2) is 6.61 Å². The highest BCUT2D eigenvalue weighted by atomic mass is 79.9. The fourth-order valence-corrected chi connectivity index (χ4v) is 4.66. The van der Waals surface area contributed by atoms with Gasteiger partial charge >= 0.3 is 0 Å². The molecule has 1 aliphatic heterocycles. The first-order valence-electron chi connectivity index (χ1n) is 5.80. The minimum Gasteiger partial charge on any atom is -0.493 e. The van der Waals surface area contributed by atoms with Crippen LogP contribution in [0.25, 0.3) is 0 Å². The van der Waals surface area contributed by atoms with Crippen molar-refractivity contribution in [3.05, 3.63) is 27.2 Å². The van der Waals surface area contributed by atoms with Crippen LogP contribution in [0.4, 0.5) is 0 Å². The Balaban J connectivity index is 2.27. The summed E-state index contributed by atoms with van der Waals surface area (Å²) in [6, 6.07) is 2.24. The van der Waals surface area contributed by atoms with Gasteiger partial charge in [-0.3, -0.25) is 0 Å². The molecule has 2 unspecified atom stereocenters. The first-order chi connectivity index (χ1) is 7.68. The zero-order chi connectivity index (χ0) is 11.3. The topological polar surface area (TPSA) is 9.23 Å². The van der Waals surface area contributed by atoms with Crippen LogP contribution in [0.15, 0.2) is 10.5 Å². The molecule has 0 saturated heterocycles. The fraction of sp³-hybridized carbons (Fsp3) is 0.538. The molecule has 0 fully saturated rings. The fourth-order valence-electron chi connectivity index (χ4n) is 2.83. The third-order valence-electron chi connectivity index (χ3n) is 3.66. The number of rotatable bonds is 0. The largest absolute Gasteiger partial charge is 0.493 e. The molecule has 0 bridgehead atoms. The molecule has 0 radical (unpaired) electrons. The van der Waals surface area contributed by atoms with E-state index in [0.29, 0.717) is 10.7 Å². The van der Waals surface area contributed by atoms with E-state index in [9.17, 15) is 0 Å². The lowest BCUT2D eigenvalue weighted by Crippen LogP contribution is -2.11. The van der Waals surface area contributed by atoms with E-state index in [-0.39, 0.29) is 0 Å². The first kappa shape index (κ1) is 11.1. The van der Waals surface area contributed by atoms with Crippen molar-refractivity contribution in [3.63, 3.8) is 0 Å². The summed E-state index contributed by atoms with van der Waals surface area (Å²) in [5.41, 5.74) is 4.23. The van der Waals surface area contributed by atoms with Gasteiger partial charge in [-0.15, -0.1) is 0 Å². The minimum absolute atomic E-state index is 0.475. The maximum atomic E-state index is 5.83. The Labute approximate surface area is 113 Å². The van der Waals surface area contributed by atoms with E-state index in [1.807, 2.05) is 0 Å². The molecule has 1 aromatic carbocycles. The average Bonchev–Trinajstić information content (AvgIpc) is 2.70. The summed E-state index contributed by atoms with van der Waals surface area (Å²) in [5.74, 6) is 1.79. The Kier molecular flexibility index (Phi) is 2.79. The molecule has 1 aliphatic carbocycles. The highest BCUT2D eigenvalue weighted by Gasteiger charge is 2.31. The van der Waals surface area contributed by atoms with Gasteiger partial charge in [-0.2, -0.15) is 0 Å². The zero-order valence-electron chi connectivity index (χ0n) is 9.22. The second-order valence-electron chi connectivity index (χ2n) is 4.72. The SMILES string of the molecule is CC1CCC(Br)c2c(Br)cc3c(c21)OCC3. The molecule has 0 amide bonds. The summed E-state index contributed by atoms with van der Waals surface area (Å²) < 4.78 is 7.08. The van der Waals surface area contributed by atoms with Gasteiger partial charge in [-0.25, -0.2) is 0 Å². The number of benzene rings is 1. The van der Waals surface area contributed by atoms with Crippen LogP contribution in [0, 0.1) is 0 Å². The molecule has 1 aromatic rings. The molecule has 2 aliphatic rings. The van der Waals surface area contributed by atoms with Crippen molar-refractivity contribution in [3.8, 4) is 5.75 Å². The van der Waals surface area contributed by atoms with Gasteiger partial charge in [0.05, 0.1) is 6.61 Å². The number of ether oxygens (including phenoxy) is 1. The highest BCUT2D eigenvalue weighted by Crippen LogP contribution is 2.51. The lowest BCUT2D eigenvalue weighted by molar-refractivity contribution is 0.348. The van der Waals surface area contributed by atoms with Crippen LogP contribution in [0.2, 0.25) is 0 Å². The summed E-state index contributed by atoms with van der Waals surface area (Å²) in [7, 11) is 0. The Morgan fingerprint density at radius 1 is 1.31 bits per heavy atom. The normalized spacial score (nSPS) is 27.2. The third-order valence-corrected chi connectivity index (χ3v) is 5.23. The average molecular weight is 346 g/mol. The molecule has 0 N–H and O–H groups in total. The Hall–Kier alpha value is -0.0200. The van der Waals surface area contributed by atoms with Crippen LogP contribution < -0.4 is 4.74 Å². The molecule has 1 nitrogen and oxygen atoms in total. The van der Waals surface area contributed by atoms with Crippen LogP contribution in [-0.2, 0) is 6.42 Å². The van der Waals surface area contributed by atoms with Crippen molar-refractivity contribution in [2.24, 2.45) is 0 Å². The van der Waals surface area contributed by atoms with Crippen molar-refractivity contribution < 1.29 is 4.74 Å². The second-order valence-corrected chi connectivity index (χ2v) is 6.68. The zero-order valence-corrected chi connectivity index (χ0v) is 12.4. The number of hydrogen-bond acceptors (Lipinski definition) is 1. The van der Waals surface area contributed by atoms with Crippen molar-refractivity contribution in [2.45, 2.75) is 36.9 Å². The van der Waals surface area contributed by atoms with Crippen molar-refractivity contribution in [1.29, 1.82) is 0 Å². The van der Waals surface area contributed by atoms with Crippen LogP contribution >= 0.6 is 31.9 Å². The van der Waals surface area contributed by atoms with Crippen LogP contribution in [0.1, 0.15) is 47.2 Å². The predicted octanol–water partition coefficient (Wildman–Crippen LogP) is 4.72. The van der Waals surface area contributed by atoms with E-state index in [2.05, 4.69) is 44.8 Å². The molecule has 16 heavy (non-hydrogen) atoms. The standard InChI is InChI=1S/C13H14Br2O/c1-7-2-3-9(14)12-10(15)6-8-4-5-16-13(8)11(7)12/h6-7,9H,2-5H2,1H3. The Morgan fingerprint density at radius 2 is 2.12 bits per heavy atom. The summed E-state index contributed by atoms with van der Waals surface area (Å²) in [6.07, 6.45) is 3.52. The highest BCUT2D eigenvalue weighted by molar-refractivity contribution is 9.11. The maximum absolute atomic E-state index is 5.83. The molecule has 3 rings (SSSR count). The molecule has 0 aromatic heterocycles. The summed E-state index contributed by atoms with van der Waals surface area (Å²) in [5, 5.41) is 0.